The molecule has 0 bridgehead atoms. The summed E-state index contributed by atoms with van der Waals surface area (Å²) in [6.45, 7) is 5.65. The van der Waals surface area contributed by atoms with Gasteiger partial charge >= 0.3 is 0 Å². The van der Waals surface area contributed by atoms with Crippen LogP contribution in [0.2, 0.25) is 0 Å². The maximum atomic E-state index is 4.46. The van der Waals surface area contributed by atoms with Gasteiger partial charge in [0.2, 0.25) is 0 Å². The number of fused-ring (bicyclic) bond motifs is 1. The van der Waals surface area contributed by atoms with Gasteiger partial charge < -0.3 is 5.32 Å². The normalized spacial score (nSPS) is 24.8. The van der Waals surface area contributed by atoms with E-state index in [-0.39, 0.29) is 0 Å². The molecule has 112 valence electrons. The molecule has 1 aromatic heterocycles. The largest absolute Gasteiger partial charge is 0.309 e. The van der Waals surface area contributed by atoms with E-state index in [2.05, 4.69) is 53.8 Å². The van der Waals surface area contributed by atoms with E-state index in [0.29, 0.717) is 17.2 Å². The summed E-state index contributed by atoms with van der Waals surface area (Å²) in [7, 11) is 0. The molecular formula is C17H22N2S2. The van der Waals surface area contributed by atoms with Gasteiger partial charge in [0, 0.05) is 22.9 Å². The number of nitrogens with one attached hydrogen (secondary N) is 1. The van der Waals surface area contributed by atoms with Crippen LogP contribution in [0, 0.1) is 0 Å². The van der Waals surface area contributed by atoms with Crippen LogP contribution < -0.4 is 5.32 Å². The van der Waals surface area contributed by atoms with E-state index in [1.54, 1.807) is 11.3 Å². The Hall–Kier alpha value is -0.840. The third-order valence-electron chi connectivity index (χ3n) is 4.10. The molecule has 0 saturated heterocycles. The molecule has 0 amide bonds. The Morgan fingerprint density at radius 2 is 2.14 bits per heavy atom. The van der Waals surface area contributed by atoms with Gasteiger partial charge in [0.15, 0.2) is 0 Å². The van der Waals surface area contributed by atoms with Crippen LogP contribution in [-0.4, -0.2) is 16.8 Å². The molecule has 4 heteroatoms. The number of thiazole rings is 1. The fourth-order valence-electron chi connectivity index (χ4n) is 3.11. The molecule has 2 nitrogen and oxygen atoms in total. The second-order valence-electron chi connectivity index (χ2n) is 5.65. The fourth-order valence-corrected chi connectivity index (χ4v) is 5.37. The van der Waals surface area contributed by atoms with Crippen molar-refractivity contribution in [1.82, 2.24) is 10.3 Å². The van der Waals surface area contributed by atoms with E-state index < -0.39 is 0 Å². The Morgan fingerprint density at radius 3 is 2.86 bits per heavy atom. The number of hydrogen-bond donors (Lipinski definition) is 1. The Morgan fingerprint density at radius 1 is 1.33 bits per heavy atom. The average molecular weight is 319 g/mol. The highest BCUT2D eigenvalue weighted by Gasteiger charge is 2.33. The molecule has 0 aliphatic heterocycles. The van der Waals surface area contributed by atoms with Gasteiger partial charge in [-0.15, -0.1) is 11.3 Å². The molecule has 0 saturated carbocycles. The summed E-state index contributed by atoms with van der Waals surface area (Å²) in [5.41, 5.74) is 3.00. The number of benzene rings is 1. The van der Waals surface area contributed by atoms with Crippen molar-refractivity contribution >= 4 is 23.1 Å². The van der Waals surface area contributed by atoms with Crippen molar-refractivity contribution in [3.05, 3.63) is 47.0 Å². The molecule has 1 aliphatic carbocycles. The Kier molecular flexibility index (Phi) is 4.99. The van der Waals surface area contributed by atoms with E-state index in [4.69, 9.17) is 0 Å². The van der Waals surface area contributed by atoms with Crippen LogP contribution in [0.1, 0.15) is 49.8 Å². The minimum Gasteiger partial charge on any atom is -0.309 e. The lowest BCUT2D eigenvalue weighted by molar-refractivity contribution is 0.444. The highest BCUT2D eigenvalue weighted by molar-refractivity contribution is 8.01. The van der Waals surface area contributed by atoms with E-state index in [1.807, 2.05) is 18.0 Å². The first-order valence-electron chi connectivity index (χ1n) is 7.68. The number of nitrogens with zero attached hydrogens (tertiary/aromatic N) is 1. The van der Waals surface area contributed by atoms with Gasteiger partial charge in [-0.3, -0.25) is 0 Å². The van der Waals surface area contributed by atoms with Crippen LogP contribution >= 0.6 is 23.1 Å². The van der Waals surface area contributed by atoms with Gasteiger partial charge in [-0.2, -0.15) is 0 Å². The predicted octanol–water partition coefficient (Wildman–Crippen LogP) is 4.85. The van der Waals surface area contributed by atoms with Crippen LogP contribution in [0.5, 0.6) is 0 Å². The van der Waals surface area contributed by atoms with Gasteiger partial charge in [0.05, 0.1) is 0 Å². The lowest BCUT2D eigenvalue weighted by Crippen LogP contribution is -2.35. The van der Waals surface area contributed by atoms with Crippen molar-refractivity contribution in [1.29, 1.82) is 0 Å². The van der Waals surface area contributed by atoms with Gasteiger partial charge in [-0.1, -0.05) is 49.9 Å². The second-order valence-corrected chi connectivity index (χ2v) is 8.03. The Balaban J connectivity index is 1.88. The highest BCUT2D eigenvalue weighted by atomic mass is 32.2. The number of hydrogen-bond acceptors (Lipinski definition) is 4. The third kappa shape index (κ3) is 3.33. The molecule has 1 aromatic carbocycles. The van der Waals surface area contributed by atoms with E-state index in [0.717, 1.165) is 6.54 Å². The number of aromatic nitrogens is 1. The maximum Gasteiger partial charge on any atom is 0.150 e. The molecule has 3 atom stereocenters. The van der Waals surface area contributed by atoms with Crippen LogP contribution in [0.15, 0.2) is 40.2 Å². The van der Waals surface area contributed by atoms with Crippen molar-refractivity contribution in [2.24, 2.45) is 0 Å². The molecule has 1 N–H and O–H groups in total. The SMILES string of the molecule is CCCNC1c2ccccc2C(C)CC1Sc1nccs1. The zero-order valence-corrected chi connectivity index (χ0v) is 14.2. The molecular weight excluding hydrogens is 296 g/mol. The summed E-state index contributed by atoms with van der Waals surface area (Å²) in [6.07, 6.45) is 4.28. The minimum atomic E-state index is 0.436. The average Bonchev–Trinajstić information content (AvgIpc) is 3.00. The summed E-state index contributed by atoms with van der Waals surface area (Å²) in [4.78, 5) is 4.46. The maximum absolute atomic E-state index is 4.46. The van der Waals surface area contributed by atoms with Gasteiger partial charge in [-0.05, 0) is 36.4 Å². The lowest BCUT2D eigenvalue weighted by Gasteiger charge is -2.36. The first-order valence-corrected chi connectivity index (χ1v) is 9.44. The van der Waals surface area contributed by atoms with Crippen molar-refractivity contribution < 1.29 is 0 Å². The van der Waals surface area contributed by atoms with Crippen LogP contribution in [0.3, 0.4) is 0 Å². The molecule has 21 heavy (non-hydrogen) atoms. The fraction of sp³-hybridized carbons (Fsp3) is 0.471. The van der Waals surface area contributed by atoms with Gasteiger partial charge in [0.1, 0.15) is 4.34 Å². The molecule has 0 fully saturated rings. The van der Waals surface area contributed by atoms with E-state index >= 15 is 0 Å². The Bertz CT molecular complexity index is 568. The summed E-state index contributed by atoms with van der Waals surface area (Å²) in [5.74, 6) is 0.623. The standard InChI is InChI=1S/C17H22N2S2/c1-3-8-18-16-14-7-5-4-6-13(14)12(2)11-15(16)21-17-19-9-10-20-17/h4-7,9-10,12,15-16,18H,3,8,11H2,1-2H3. The first-order chi connectivity index (χ1) is 10.3. The molecule has 3 rings (SSSR count). The summed E-state index contributed by atoms with van der Waals surface area (Å²) in [6, 6.07) is 9.37. The van der Waals surface area contributed by atoms with Crippen LogP contribution in [-0.2, 0) is 0 Å². The first kappa shape index (κ1) is 15.1. The smallest absolute Gasteiger partial charge is 0.150 e. The molecule has 1 heterocycles. The zero-order chi connectivity index (χ0) is 14.7. The molecule has 0 radical (unpaired) electrons. The molecule has 2 aromatic rings. The topological polar surface area (TPSA) is 24.9 Å². The summed E-state index contributed by atoms with van der Waals surface area (Å²) >= 11 is 3.69. The number of rotatable bonds is 5. The minimum absolute atomic E-state index is 0.436. The lowest BCUT2D eigenvalue weighted by atomic mass is 9.80. The monoisotopic (exact) mass is 318 g/mol. The van der Waals surface area contributed by atoms with Gasteiger partial charge in [-0.25, -0.2) is 4.98 Å². The van der Waals surface area contributed by atoms with Crippen molar-refractivity contribution in [3.63, 3.8) is 0 Å². The number of thioether (sulfide) groups is 1. The van der Waals surface area contributed by atoms with Gasteiger partial charge in [0.25, 0.3) is 0 Å². The van der Waals surface area contributed by atoms with Crippen molar-refractivity contribution in [3.8, 4) is 0 Å². The van der Waals surface area contributed by atoms with Crippen LogP contribution in [0.25, 0.3) is 0 Å². The molecule has 1 aliphatic rings. The second kappa shape index (κ2) is 6.95. The third-order valence-corrected chi connectivity index (χ3v) is 6.31. The zero-order valence-electron chi connectivity index (χ0n) is 12.6. The van der Waals surface area contributed by atoms with Crippen LogP contribution in [0.4, 0.5) is 0 Å². The highest BCUT2D eigenvalue weighted by Crippen LogP contribution is 2.45. The summed E-state index contributed by atoms with van der Waals surface area (Å²) < 4.78 is 1.19. The Labute approximate surface area is 135 Å². The van der Waals surface area contributed by atoms with Crippen molar-refractivity contribution in [2.45, 2.75) is 48.2 Å². The van der Waals surface area contributed by atoms with Crippen molar-refractivity contribution in [2.75, 3.05) is 6.54 Å². The van der Waals surface area contributed by atoms with E-state index in [1.165, 1.54) is 28.3 Å². The molecule has 0 spiro atoms. The molecule has 3 unspecified atom stereocenters. The quantitative estimate of drug-likeness (QED) is 0.853. The summed E-state index contributed by atoms with van der Waals surface area (Å²) in [5, 5.41) is 6.40. The predicted molar refractivity (Wildman–Crippen MR) is 92.3 cm³/mol. The van der Waals surface area contributed by atoms with E-state index in [9.17, 15) is 0 Å².